The maximum Gasteiger partial charge on any atom is 0.254 e. The topological polar surface area (TPSA) is 29.1 Å². The summed E-state index contributed by atoms with van der Waals surface area (Å²) in [4.78, 5) is 12.3. The SMILES string of the molecule is O=C(NC1c2ccccc2CC1Br)c1ccc(F)cc1F. The molecule has 2 aromatic carbocycles. The fraction of sp³-hybridized carbons (Fsp3) is 0.188. The number of alkyl halides is 1. The molecular formula is C16H12BrF2NO. The summed E-state index contributed by atoms with van der Waals surface area (Å²) in [5.74, 6) is -2.10. The molecule has 0 heterocycles. The van der Waals surface area contributed by atoms with E-state index in [-0.39, 0.29) is 16.4 Å². The van der Waals surface area contributed by atoms with Crippen LogP contribution in [0.15, 0.2) is 42.5 Å². The van der Waals surface area contributed by atoms with Gasteiger partial charge in [0.25, 0.3) is 5.91 Å². The van der Waals surface area contributed by atoms with E-state index in [9.17, 15) is 13.6 Å². The summed E-state index contributed by atoms with van der Waals surface area (Å²) in [6.45, 7) is 0. The number of carbonyl (C=O) groups excluding carboxylic acids is 1. The number of rotatable bonds is 2. The number of halogens is 3. The predicted molar refractivity (Wildman–Crippen MR) is 79.4 cm³/mol. The molecule has 1 amide bonds. The molecule has 2 aromatic rings. The fourth-order valence-electron chi connectivity index (χ4n) is 2.61. The van der Waals surface area contributed by atoms with Crippen LogP contribution in [0.5, 0.6) is 0 Å². The van der Waals surface area contributed by atoms with Gasteiger partial charge in [0.05, 0.1) is 11.6 Å². The first-order valence-electron chi connectivity index (χ1n) is 6.54. The number of amides is 1. The Balaban J connectivity index is 1.85. The molecule has 0 aliphatic heterocycles. The molecule has 1 N–H and O–H groups in total. The van der Waals surface area contributed by atoms with Crippen molar-refractivity contribution in [3.05, 3.63) is 70.8 Å². The molecule has 0 fully saturated rings. The first-order valence-corrected chi connectivity index (χ1v) is 7.45. The monoisotopic (exact) mass is 351 g/mol. The maximum atomic E-state index is 13.7. The van der Waals surface area contributed by atoms with Gasteiger partial charge in [0.2, 0.25) is 0 Å². The van der Waals surface area contributed by atoms with Crippen LogP contribution in [-0.2, 0) is 6.42 Å². The second-order valence-electron chi connectivity index (χ2n) is 4.99. The molecule has 0 spiro atoms. The van der Waals surface area contributed by atoms with Crippen LogP contribution in [0.25, 0.3) is 0 Å². The van der Waals surface area contributed by atoms with Crippen LogP contribution >= 0.6 is 15.9 Å². The summed E-state index contributed by atoms with van der Waals surface area (Å²) in [7, 11) is 0. The largest absolute Gasteiger partial charge is 0.344 e. The summed E-state index contributed by atoms with van der Waals surface area (Å²) in [6.07, 6.45) is 0.799. The van der Waals surface area contributed by atoms with Gasteiger partial charge in [-0.15, -0.1) is 0 Å². The van der Waals surface area contributed by atoms with Crippen molar-refractivity contribution in [1.29, 1.82) is 0 Å². The number of carbonyl (C=O) groups is 1. The lowest BCUT2D eigenvalue weighted by molar-refractivity contribution is 0.0934. The number of hydrogen-bond donors (Lipinski definition) is 1. The zero-order valence-electron chi connectivity index (χ0n) is 10.9. The number of nitrogens with one attached hydrogen (secondary N) is 1. The van der Waals surface area contributed by atoms with Crippen LogP contribution in [0.2, 0.25) is 0 Å². The van der Waals surface area contributed by atoms with Crippen molar-refractivity contribution >= 4 is 21.8 Å². The van der Waals surface area contributed by atoms with Crippen LogP contribution in [0.1, 0.15) is 27.5 Å². The van der Waals surface area contributed by atoms with E-state index in [1.807, 2.05) is 24.3 Å². The third-order valence-electron chi connectivity index (χ3n) is 3.63. The van der Waals surface area contributed by atoms with Gasteiger partial charge in [0.1, 0.15) is 11.6 Å². The van der Waals surface area contributed by atoms with Crippen LogP contribution in [0.3, 0.4) is 0 Å². The van der Waals surface area contributed by atoms with Gasteiger partial charge in [-0.25, -0.2) is 8.78 Å². The van der Waals surface area contributed by atoms with Gasteiger partial charge in [-0.3, -0.25) is 4.79 Å². The first-order chi connectivity index (χ1) is 10.1. The Bertz CT molecular complexity index is 704. The Morgan fingerprint density at radius 2 is 1.95 bits per heavy atom. The van der Waals surface area contributed by atoms with Crippen molar-refractivity contribution in [3.63, 3.8) is 0 Å². The third kappa shape index (κ3) is 2.70. The Kier molecular flexibility index (Phi) is 3.76. The van der Waals surface area contributed by atoms with Gasteiger partial charge in [-0.1, -0.05) is 40.2 Å². The van der Waals surface area contributed by atoms with Gasteiger partial charge < -0.3 is 5.32 Å². The zero-order valence-corrected chi connectivity index (χ0v) is 12.5. The van der Waals surface area contributed by atoms with Gasteiger partial charge >= 0.3 is 0 Å². The normalized spacial score (nSPS) is 20.1. The lowest BCUT2D eigenvalue weighted by Gasteiger charge is -2.18. The van der Waals surface area contributed by atoms with E-state index in [1.165, 1.54) is 0 Å². The minimum Gasteiger partial charge on any atom is -0.344 e. The van der Waals surface area contributed by atoms with Crippen LogP contribution in [0.4, 0.5) is 8.78 Å². The van der Waals surface area contributed by atoms with E-state index in [4.69, 9.17) is 0 Å². The Hall–Kier alpha value is -1.75. The molecule has 1 aliphatic carbocycles. The van der Waals surface area contributed by atoms with E-state index < -0.39 is 17.5 Å². The van der Waals surface area contributed by atoms with Crippen LogP contribution in [0, 0.1) is 11.6 Å². The van der Waals surface area contributed by atoms with E-state index in [0.29, 0.717) is 6.07 Å². The second-order valence-corrected chi connectivity index (χ2v) is 6.17. The van der Waals surface area contributed by atoms with E-state index in [2.05, 4.69) is 21.2 Å². The third-order valence-corrected chi connectivity index (χ3v) is 4.48. The summed E-state index contributed by atoms with van der Waals surface area (Å²) in [5.41, 5.74) is 2.03. The lowest BCUT2D eigenvalue weighted by atomic mass is 10.1. The maximum absolute atomic E-state index is 13.7. The molecule has 2 unspecified atom stereocenters. The molecule has 0 saturated carbocycles. The average molecular weight is 352 g/mol. The van der Waals surface area contributed by atoms with Crippen LogP contribution < -0.4 is 5.32 Å². The highest BCUT2D eigenvalue weighted by molar-refractivity contribution is 9.09. The summed E-state index contributed by atoms with van der Waals surface area (Å²) >= 11 is 3.55. The highest BCUT2D eigenvalue weighted by Crippen LogP contribution is 2.35. The van der Waals surface area contributed by atoms with Crippen molar-refractivity contribution in [2.24, 2.45) is 0 Å². The second kappa shape index (κ2) is 5.56. The van der Waals surface area contributed by atoms with Crippen molar-refractivity contribution in [3.8, 4) is 0 Å². The Morgan fingerprint density at radius 3 is 2.71 bits per heavy atom. The summed E-state index contributed by atoms with van der Waals surface area (Å²) in [5, 5.41) is 2.81. The standard InChI is InChI=1S/C16H12BrF2NO/c17-13-7-9-3-1-2-4-11(9)15(13)20-16(21)12-6-5-10(18)8-14(12)19/h1-6,8,13,15H,7H2,(H,20,21). The predicted octanol–water partition coefficient (Wildman–Crippen LogP) is 3.76. The molecule has 1 aliphatic rings. The highest BCUT2D eigenvalue weighted by atomic mass is 79.9. The van der Waals surface area contributed by atoms with E-state index >= 15 is 0 Å². The molecule has 2 nitrogen and oxygen atoms in total. The quantitative estimate of drug-likeness (QED) is 0.820. The molecule has 2 atom stereocenters. The molecule has 0 radical (unpaired) electrons. The van der Waals surface area contributed by atoms with Gasteiger partial charge in [-0.05, 0) is 29.7 Å². The smallest absolute Gasteiger partial charge is 0.254 e. The van der Waals surface area contributed by atoms with Crippen molar-refractivity contribution in [2.75, 3.05) is 0 Å². The van der Waals surface area contributed by atoms with E-state index in [0.717, 1.165) is 29.7 Å². The molecule has 21 heavy (non-hydrogen) atoms. The minimum absolute atomic E-state index is 0.0577. The van der Waals surface area contributed by atoms with Gasteiger partial charge in [0, 0.05) is 10.9 Å². The van der Waals surface area contributed by atoms with Gasteiger partial charge in [-0.2, -0.15) is 0 Å². The average Bonchev–Trinajstić information content (AvgIpc) is 2.75. The van der Waals surface area contributed by atoms with Crippen molar-refractivity contribution in [1.82, 2.24) is 5.32 Å². The van der Waals surface area contributed by atoms with Crippen molar-refractivity contribution < 1.29 is 13.6 Å². The number of hydrogen-bond acceptors (Lipinski definition) is 1. The summed E-state index contributed by atoms with van der Waals surface area (Å²) in [6, 6.07) is 10.5. The Morgan fingerprint density at radius 1 is 1.19 bits per heavy atom. The lowest BCUT2D eigenvalue weighted by Crippen LogP contribution is -2.32. The number of fused-ring (bicyclic) bond motifs is 1. The molecule has 108 valence electrons. The molecule has 3 rings (SSSR count). The molecule has 5 heteroatoms. The Labute approximate surface area is 129 Å². The fourth-order valence-corrected chi connectivity index (χ4v) is 3.37. The zero-order chi connectivity index (χ0) is 15.0. The van der Waals surface area contributed by atoms with Crippen molar-refractivity contribution in [2.45, 2.75) is 17.3 Å². The molecule has 0 aromatic heterocycles. The molecule has 0 saturated heterocycles. The first kappa shape index (κ1) is 14.2. The summed E-state index contributed by atoms with van der Waals surface area (Å²) < 4.78 is 26.6. The minimum atomic E-state index is -0.857. The highest BCUT2D eigenvalue weighted by Gasteiger charge is 2.32. The van der Waals surface area contributed by atoms with Crippen LogP contribution in [-0.4, -0.2) is 10.7 Å². The van der Waals surface area contributed by atoms with E-state index in [1.54, 1.807) is 0 Å². The molecule has 0 bridgehead atoms. The molecular weight excluding hydrogens is 340 g/mol. The van der Waals surface area contributed by atoms with Gasteiger partial charge in [0.15, 0.2) is 0 Å². The number of benzene rings is 2.